The van der Waals surface area contributed by atoms with Crippen molar-refractivity contribution in [1.82, 2.24) is 20.1 Å². The number of ether oxygens (including phenoxy) is 2. The van der Waals surface area contributed by atoms with Crippen molar-refractivity contribution in [2.24, 2.45) is 0 Å². The van der Waals surface area contributed by atoms with E-state index in [1.165, 1.54) is 12.0 Å². The first-order chi connectivity index (χ1) is 13.7. The van der Waals surface area contributed by atoms with Crippen LogP contribution in [-0.2, 0) is 6.54 Å². The third-order valence-electron chi connectivity index (χ3n) is 5.27. The molecule has 0 amide bonds. The van der Waals surface area contributed by atoms with Gasteiger partial charge in [-0.15, -0.1) is 5.10 Å². The summed E-state index contributed by atoms with van der Waals surface area (Å²) < 4.78 is 10.9. The Hall–Kier alpha value is -2.61. The lowest BCUT2D eigenvalue weighted by Crippen LogP contribution is -2.46. The molecule has 0 atom stereocenters. The number of rotatable bonds is 7. The molecule has 3 heterocycles. The van der Waals surface area contributed by atoms with Gasteiger partial charge in [0, 0.05) is 46.3 Å². The van der Waals surface area contributed by atoms with Gasteiger partial charge >= 0.3 is 0 Å². The number of piperazine rings is 1. The van der Waals surface area contributed by atoms with Crippen LogP contribution in [0.4, 0.5) is 11.8 Å². The van der Waals surface area contributed by atoms with Crippen LogP contribution in [0, 0.1) is 0 Å². The zero-order valence-electron chi connectivity index (χ0n) is 16.7. The highest BCUT2D eigenvalue weighted by molar-refractivity contribution is 5.44. The molecule has 0 saturated carbocycles. The van der Waals surface area contributed by atoms with Crippen molar-refractivity contribution in [3.05, 3.63) is 30.0 Å². The van der Waals surface area contributed by atoms with Gasteiger partial charge in [0.2, 0.25) is 12.7 Å². The van der Waals surface area contributed by atoms with Gasteiger partial charge < -0.3 is 19.3 Å². The Morgan fingerprint density at radius 3 is 2.75 bits per heavy atom. The third-order valence-corrected chi connectivity index (χ3v) is 5.27. The lowest BCUT2D eigenvalue weighted by molar-refractivity contribution is 0.174. The highest BCUT2D eigenvalue weighted by Crippen LogP contribution is 2.32. The number of aromatic nitrogens is 3. The normalized spacial score (nSPS) is 16.4. The number of benzene rings is 1. The molecule has 1 aromatic heterocycles. The highest BCUT2D eigenvalue weighted by Gasteiger charge is 2.21. The Morgan fingerprint density at radius 2 is 1.93 bits per heavy atom. The predicted molar refractivity (Wildman–Crippen MR) is 108 cm³/mol. The van der Waals surface area contributed by atoms with E-state index in [-0.39, 0.29) is 0 Å². The van der Waals surface area contributed by atoms with Crippen molar-refractivity contribution in [3.63, 3.8) is 0 Å². The Labute approximate surface area is 166 Å². The van der Waals surface area contributed by atoms with Crippen LogP contribution < -0.4 is 19.3 Å². The fourth-order valence-electron chi connectivity index (χ4n) is 3.52. The molecule has 8 heteroatoms. The number of unbranched alkanes of at least 4 members (excludes halogenated alkanes) is 1. The van der Waals surface area contributed by atoms with Gasteiger partial charge in [0.15, 0.2) is 17.3 Å². The molecule has 8 nitrogen and oxygen atoms in total. The summed E-state index contributed by atoms with van der Waals surface area (Å²) in [5.74, 6) is 3.30. The maximum absolute atomic E-state index is 5.48. The van der Waals surface area contributed by atoms with Gasteiger partial charge in [-0.25, -0.2) is 0 Å². The summed E-state index contributed by atoms with van der Waals surface area (Å²) >= 11 is 0. The molecule has 1 fully saturated rings. The first-order valence-corrected chi connectivity index (χ1v) is 9.99. The molecule has 0 bridgehead atoms. The maximum Gasteiger partial charge on any atom is 0.247 e. The summed E-state index contributed by atoms with van der Waals surface area (Å²) in [5.41, 5.74) is 1.25. The van der Waals surface area contributed by atoms with Crippen molar-refractivity contribution in [2.75, 3.05) is 56.4 Å². The molecule has 1 saturated heterocycles. The average Bonchev–Trinajstić information content (AvgIpc) is 3.20. The smallest absolute Gasteiger partial charge is 0.247 e. The summed E-state index contributed by atoms with van der Waals surface area (Å²) in [6.45, 7) is 8.13. The van der Waals surface area contributed by atoms with Gasteiger partial charge in [0.05, 0.1) is 6.20 Å². The average molecular weight is 384 g/mol. The van der Waals surface area contributed by atoms with Crippen LogP contribution in [0.15, 0.2) is 24.4 Å². The first kappa shape index (κ1) is 18.7. The van der Waals surface area contributed by atoms with Crippen LogP contribution in [0.2, 0.25) is 0 Å². The molecule has 150 valence electrons. The van der Waals surface area contributed by atoms with Crippen LogP contribution in [0.1, 0.15) is 25.3 Å². The van der Waals surface area contributed by atoms with E-state index in [4.69, 9.17) is 14.5 Å². The van der Waals surface area contributed by atoms with Crippen LogP contribution in [0.3, 0.4) is 0 Å². The van der Waals surface area contributed by atoms with Crippen LogP contribution in [0.5, 0.6) is 11.5 Å². The molecule has 0 aliphatic carbocycles. The lowest BCUT2D eigenvalue weighted by atomic mass is 10.1. The topological polar surface area (TPSA) is 66.9 Å². The van der Waals surface area contributed by atoms with Gasteiger partial charge in [-0.2, -0.15) is 10.1 Å². The summed E-state index contributed by atoms with van der Waals surface area (Å²) in [5, 5.41) is 8.44. The summed E-state index contributed by atoms with van der Waals surface area (Å²) in [4.78, 5) is 11.5. The lowest BCUT2D eigenvalue weighted by Gasteiger charge is -2.34. The van der Waals surface area contributed by atoms with E-state index >= 15 is 0 Å². The van der Waals surface area contributed by atoms with Crippen molar-refractivity contribution in [3.8, 4) is 11.5 Å². The second kappa shape index (κ2) is 8.60. The Morgan fingerprint density at radius 1 is 1.11 bits per heavy atom. The molecule has 4 rings (SSSR count). The molecule has 0 spiro atoms. The standard InChI is InChI=1S/C20H28N6O2/c1-3-4-7-24(2)19-13-21-23-20(22-19)26-10-8-25(9-11-26)14-16-5-6-17-18(12-16)28-15-27-17/h5-6,12-13H,3-4,7-11,14-15H2,1-2H3. The quantitative estimate of drug-likeness (QED) is 0.720. The van der Waals surface area contributed by atoms with Gasteiger partial charge in [-0.3, -0.25) is 4.90 Å². The predicted octanol–water partition coefficient (Wildman–Crippen LogP) is 2.16. The molecular formula is C20H28N6O2. The SMILES string of the molecule is CCCCN(C)c1cnnc(N2CCN(Cc3ccc4c(c3)OCO4)CC2)n1. The second-order valence-electron chi connectivity index (χ2n) is 7.34. The van der Waals surface area contributed by atoms with E-state index in [1.54, 1.807) is 6.20 Å². The number of hydrogen-bond donors (Lipinski definition) is 0. The maximum atomic E-state index is 5.48. The summed E-state index contributed by atoms with van der Waals surface area (Å²) in [7, 11) is 2.06. The molecule has 2 aliphatic rings. The second-order valence-corrected chi connectivity index (χ2v) is 7.34. The number of nitrogens with zero attached hydrogens (tertiary/aromatic N) is 6. The van der Waals surface area contributed by atoms with Crippen molar-refractivity contribution in [2.45, 2.75) is 26.3 Å². The van der Waals surface area contributed by atoms with Gasteiger partial charge in [-0.05, 0) is 24.1 Å². The van der Waals surface area contributed by atoms with Crippen molar-refractivity contribution >= 4 is 11.8 Å². The van der Waals surface area contributed by atoms with Gasteiger partial charge in [-0.1, -0.05) is 19.4 Å². The molecule has 28 heavy (non-hydrogen) atoms. The monoisotopic (exact) mass is 384 g/mol. The highest BCUT2D eigenvalue weighted by atomic mass is 16.7. The summed E-state index contributed by atoms with van der Waals surface area (Å²) in [6.07, 6.45) is 4.06. The van der Waals surface area contributed by atoms with E-state index in [0.29, 0.717) is 6.79 Å². The fourth-order valence-corrected chi connectivity index (χ4v) is 3.52. The molecule has 2 aliphatic heterocycles. The fraction of sp³-hybridized carbons (Fsp3) is 0.550. The van der Waals surface area contributed by atoms with E-state index in [2.05, 4.69) is 51.0 Å². The van der Waals surface area contributed by atoms with Crippen molar-refractivity contribution in [1.29, 1.82) is 0 Å². The third kappa shape index (κ3) is 4.27. The molecule has 1 aromatic carbocycles. The minimum Gasteiger partial charge on any atom is -0.454 e. The number of fused-ring (bicyclic) bond motifs is 1. The van der Waals surface area contributed by atoms with E-state index in [0.717, 1.165) is 69.0 Å². The minimum atomic E-state index is 0.318. The Kier molecular flexibility index (Phi) is 5.76. The van der Waals surface area contributed by atoms with Crippen LogP contribution >= 0.6 is 0 Å². The molecule has 0 N–H and O–H groups in total. The minimum absolute atomic E-state index is 0.318. The number of hydrogen-bond acceptors (Lipinski definition) is 8. The largest absolute Gasteiger partial charge is 0.454 e. The number of anilines is 2. The van der Waals surface area contributed by atoms with Crippen LogP contribution in [-0.4, -0.2) is 66.6 Å². The van der Waals surface area contributed by atoms with E-state index in [1.807, 2.05) is 6.07 Å². The summed E-state index contributed by atoms with van der Waals surface area (Å²) in [6, 6.07) is 6.19. The zero-order chi connectivity index (χ0) is 19.3. The van der Waals surface area contributed by atoms with Crippen molar-refractivity contribution < 1.29 is 9.47 Å². The zero-order valence-corrected chi connectivity index (χ0v) is 16.7. The molecular weight excluding hydrogens is 356 g/mol. The molecule has 0 unspecified atom stereocenters. The van der Waals surface area contributed by atoms with Crippen LogP contribution in [0.25, 0.3) is 0 Å². The molecule has 0 radical (unpaired) electrons. The molecule has 2 aromatic rings. The Balaban J connectivity index is 1.33. The Bertz CT molecular complexity index is 794. The first-order valence-electron chi connectivity index (χ1n) is 9.99. The van der Waals surface area contributed by atoms with Gasteiger partial charge in [0.1, 0.15) is 0 Å². The van der Waals surface area contributed by atoms with E-state index in [9.17, 15) is 0 Å². The van der Waals surface area contributed by atoms with Gasteiger partial charge in [0.25, 0.3) is 0 Å². The van der Waals surface area contributed by atoms with E-state index < -0.39 is 0 Å².